The Labute approximate surface area is 106 Å². The minimum Gasteiger partial charge on any atom is -0.395 e. The van der Waals surface area contributed by atoms with E-state index >= 15 is 0 Å². The Balaban J connectivity index is 2.85. The fourth-order valence-electron chi connectivity index (χ4n) is 2.07. The largest absolute Gasteiger partial charge is 0.395 e. The molecule has 0 heterocycles. The van der Waals surface area contributed by atoms with Crippen molar-refractivity contribution in [3.8, 4) is 0 Å². The number of halogens is 2. The van der Waals surface area contributed by atoms with Crippen LogP contribution >= 0.6 is 0 Å². The van der Waals surface area contributed by atoms with Crippen molar-refractivity contribution in [1.82, 2.24) is 4.90 Å². The van der Waals surface area contributed by atoms with Crippen molar-refractivity contribution in [1.29, 1.82) is 0 Å². The van der Waals surface area contributed by atoms with Crippen LogP contribution in [0.5, 0.6) is 0 Å². The van der Waals surface area contributed by atoms with Gasteiger partial charge in [-0.05, 0) is 18.5 Å². The predicted octanol–water partition coefficient (Wildman–Crippen LogP) is 1.64. The second kappa shape index (κ2) is 8.13. The fraction of sp³-hybridized carbons (Fsp3) is 0.538. The molecule has 1 atom stereocenters. The number of hydrogen-bond donors (Lipinski definition) is 2. The van der Waals surface area contributed by atoms with Crippen LogP contribution in [-0.4, -0.2) is 42.7 Å². The topological polar surface area (TPSA) is 49.5 Å². The summed E-state index contributed by atoms with van der Waals surface area (Å²) in [7, 11) is 0. The number of nitrogens with zero attached hydrogens (tertiary/aromatic N) is 1. The molecule has 0 aliphatic heterocycles. The second-order valence-corrected chi connectivity index (χ2v) is 4.11. The van der Waals surface area contributed by atoms with Crippen molar-refractivity contribution < 1.29 is 13.9 Å². The summed E-state index contributed by atoms with van der Waals surface area (Å²) in [6.07, 6.45) is -1.82. The van der Waals surface area contributed by atoms with Crippen LogP contribution in [0.25, 0.3) is 0 Å². The number of nitrogens with two attached hydrogens (primary N) is 1. The van der Waals surface area contributed by atoms with Crippen LogP contribution in [0.15, 0.2) is 30.3 Å². The quantitative estimate of drug-likeness (QED) is 0.745. The summed E-state index contributed by atoms with van der Waals surface area (Å²) < 4.78 is 25.1. The molecule has 1 rings (SSSR count). The van der Waals surface area contributed by atoms with Gasteiger partial charge in [-0.1, -0.05) is 30.3 Å². The lowest BCUT2D eigenvalue weighted by Crippen LogP contribution is -2.36. The number of hydrogen-bond acceptors (Lipinski definition) is 3. The van der Waals surface area contributed by atoms with Crippen LogP contribution in [0.3, 0.4) is 0 Å². The van der Waals surface area contributed by atoms with Gasteiger partial charge in [-0.15, -0.1) is 0 Å². The van der Waals surface area contributed by atoms with Gasteiger partial charge >= 0.3 is 0 Å². The highest BCUT2D eigenvalue weighted by Crippen LogP contribution is 2.24. The molecule has 5 heteroatoms. The van der Waals surface area contributed by atoms with Crippen LogP contribution in [0.1, 0.15) is 18.0 Å². The highest BCUT2D eigenvalue weighted by molar-refractivity contribution is 5.19. The maximum Gasteiger partial charge on any atom is 0.251 e. The van der Waals surface area contributed by atoms with E-state index in [-0.39, 0.29) is 25.7 Å². The van der Waals surface area contributed by atoms with E-state index in [4.69, 9.17) is 10.8 Å². The highest BCUT2D eigenvalue weighted by atomic mass is 19.3. The van der Waals surface area contributed by atoms with E-state index < -0.39 is 6.43 Å². The summed E-state index contributed by atoms with van der Waals surface area (Å²) in [4.78, 5) is 1.59. The van der Waals surface area contributed by atoms with E-state index in [1.807, 2.05) is 30.3 Å². The van der Waals surface area contributed by atoms with Gasteiger partial charge in [-0.25, -0.2) is 8.78 Å². The summed E-state index contributed by atoms with van der Waals surface area (Å²) in [5.41, 5.74) is 6.51. The van der Waals surface area contributed by atoms with Gasteiger partial charge in [0.15, 0.2) is 0 Å². The first-order valence-corrected chi connectivity index (χ1v) is 6.07. The number of benzene rings is 1. The zero-order valence-corrected chi connectivity index (χ0v) is 10.3. The van der Waals surface area contributed by atoms with E-state index in [1.54, 1.807) is 4.90 Å². The molecule has 18 heavy (non-hydrogen) atoms. The van der Waals surface area contributed by atoms with Gasteiger partial charge in [-0.2, -0.15) is 0 Å². The molecule has 0 amide bonds. The third-order valence-corrected chi connectivity index (χ3v) is 2.82. The minimum absolute atomic E-state index is 0.138. The molecule has 0 saturated heterocycles. The molecule has 0 aliphatic rings. The van der Waals surface area contributed by atoms with Gasteiger partial charge in [0.2, 0.25) is 0 Å². The predicted molar refractivity (Wildman–Crippen MR) is 67.5 cm³/mol. The Bertz CT molecular complexity index is 322. The van der Waals surface area contributed by atoms with Crippen molar-refractivity contribution in [2.24, 2.45) is 5.73 Å². The van der Waals surface area contributed by atoms with Crippen molar-refractivity contribution in [3.63, 3.8) is 0 Å². The molecule has 0 aromatic heterocycles. The van der Waals surface area contributed by atoms with Gasteiger partial charge in [0.25, 0.3) is 6.43 Å². The molecule has 102 valence electrons. The average molecular weight is 258 g/mol. The average Bonchev–Trinajstić information content (AvgIpc) is 2.36. The molecular weight excluding hydrogens is 238 g/mol. The van der Waals surface area contributed by atoms with Crippen molar-refractivity contribution in [2.45, 2.75) is 18.9 Å². The molecule has 0 aliphatic carbocycles. The molecule has 0 spiro atoms. The number of rotatable bonds is 8. The zero-order chi connectivity index (χ0) is 13.4. The summed E-state index contributed by atoms with van der Waals surface area (Å²) in [6.45, 7) is 0.162. The smallest absolute Gasteiger partial charge is 0.251 e. The maximum atomic E-state index is 12.6. The molecule has 0 bridgehead atoms. The maximum absolute atomic E-state index is 12.6. The number of aliphatic hydroxyl groups is 1. The second-order valence-electron chi connectivity index (χ2n) is 4.11. The van der Waals surface area contributed by atoms with Crippen LogP contribution in [0, 0.1) is 0 Å². The van der Waals surface area contributed by atoms with Gasteiger partial charge in [0.1, 0.15) is 0 Å². The van der Waals surface area contributed by atoms with Gasteiger partial charge in [-0.3, -0.25) is 4.90 Å². The van der Waals surface area contributed by atoms with Crippen LogP contribution in [-0.2, 0) is 0 Å². The monoisotopic (exact) mass is 258 g/mol. The van der Waals surface area contributed by atoms with Crippen molar-refractivity contribution >= 4 is 0 Å². The van der Waals surface area contributed by atoms with Gasteiger partial charge in [0.05, 0.1) is 13.2 Å². The molecule has 0 saturated carbocycles. The zero-order valence-electron chi connectivity index (χ0n) is 10.3. The Morgan fingerprint density at radius 1 is 1.22 bits per heavy atom. The van der Waals surface area contributed by atoms with Gasteiger partial charge < -0.3 is 10.8 Å². The summed E-state index contributed by atoms with van der Waals surface area (Å²) >= 11 is 0. The molecular formula is C13H20F2N2O. The summed E-state index contributed by atoms with van der Waals surface area (Å²) in [6, 6.07) is 9.26. The summed E-state index contributed by atoms with van der Waals surface area (Å²) in [5, 5.41) is 9.00. The van der Waals surface area contributed by atoms with Crippen molar-refractivity contribution in [3.05, 3.63) is 35.9 Å². The lowest BCUT2D eigenvalue weighted by molar-refractivity contribution is 0.0524. The molecule has 3 N–H and O–H groups in total. The lowest BCUT2D eigenvalue weighted by atomic mass is 10.0. The third kappa shape index (κ3) is 4.68. The van der Waals surface area contributed by atoms with E-state index in [1.165, 1.54) is 0 Å². The van der Waals surface area contributed by atoms with E-state index in [0.717, 1.165) is 5.56 Å². The molecule has 1 aromatic carbocycles. The highest BCUT2D eigenvalue weighted by Gasteiger charge is 2.22. The molecule has 0 radical (unpaired) electrons. The Morgan fingerprint density at radius 3 is 2.39 bits per heavy atom. The first-order chi connectivity index (χ1) is 8.69. The fourth-order valence-corrected chi connectivity index (χ4v) is 2.07. The Kier molecular flexibility index (Phi) is 6.78. The van der Waals surface area contributed by atoms with Crippen molar-refractivity contribution in [2.75, 3.05) is 26.2 Å². The standard InChI is InChI=1S/C13H20F2N2O/c14-13(15)10-17(8-9-18)12(6-7-16)11-4-2-1-3-5-11/h1-5,12-13,18H,6-10,16H2. The Hall–Kier alpha value is -1.04. The van der Waals surface area contributed by atoms with Crippen LogP contribution in [0.2, 0.25) is 0 Å². The Morgan fingerprint density at radius 2 is 1.89 bits per heavy atom. The van der Waals surface area contributed by atoms with Gasteiger partial charge in [0, 0.05) is 12.6 Å². The van der Waals surface area contributed by atoms with E-state index in [0.29, 0.717) is 13.0 Å². The first-order valence-electron chi connectivity index (χ1n) is 6.07. The molecule has 1 aromatic rings. The lowest BCUT2D eigenvalue weighted by Gasteiger charge is -2.31. The van der Waals surface area contributed by atoms with Crippen LogP contribution < -0.4 is 5.73 Å². The van der Waals surface area contributed by atoms with Crippen LogP contribution in [0.4, 0.5) is 8.78 Å². The number of aliphatic hydroxyl groups excluding tert-OH is 1. The molecule has 0 fully saturated rings. The van der Waals surface area contributed by atoms with E-state index in [2.05, 4.69) is 0 Å². The number of alkyl halides is 2. The summed E-state index contributed by atoms with van der Waals surface area (Å²) in [5.74, 6) is 0. The first kappa shape index (κ1) is 15.0. The molecule has 3 nitrogen and oxygen atoms in total. The minimum atomic E-state index is -2.42. The normalized spacial score (nSPS) is 13.2. The SMILES string of the molecule is NCCC(c1ccccc1)N(CCO)CC(F)F. The molecule has 1 unspecified atom stereocenters. The van der Waals surface area contributed by atoms with E-state index in [9.17, 15) is 8.78 Å². The third-order valence-electron chi connectivity index (χ3n) is 2.82.